The first-order valence-corrected chi connectivity index (χ1v) is 8.02. The van der Waals surface area contributed by atoms with Gasteiger partial charge in [-0.25, -0.2) is 12.1 Å². The molecule has 0 aromatic heterocycles. The Labute approximate surface area is 173 Å². The summed E-state index contributed by atoms with van der Waals surface area (Å²) >= 11 is 0. The first-order chi connectivity index (χ1) is 9.54. The van der Waals surface area contributed by atoms with Crippen LogP contribution >= 0.6 is 24.8 Å². The van der Waals surface area contributed by atoms with Crippen LogP contribution in [-0.4, -0.2) is 0 Å². The van der Waals surface area contributed by atoms with E-state index >= 15 is 0 Å². The van der Waals surface area contributed by atoms with Gasteiger partial charge < -0.3 is 0 Å². The van der Waals surface area contributed by atoms with E-state index in [9.17, 15) is 0 Å². The van der Waals surface area contributed by atoms with E-state index < -0.39 is 0 Å². The predicted octanol–water partition coefficient (Wildman–Crippen LogP) is 5.74. The number of fused-ring (bicyclic) bond motifs is 2. The largest absolute Gasteiger partial charge is 2.00 e. The molecule has 0 nitrogen and oxygen atoms in total. The Balaban J connectivity index is 0.000000372. The number of aryl methyl sites for hydroxylation is 2. The maximum absolute atomic E-state index is 2.33. The van der Waals surface area contributed by atoms with Crippen molar-refractivity contribution in [3.63, 3.8) is 0 Å². The summed E-state index contributed by atoms with van der Waals surface area (Å²) in [5.74, 6) is 1.79. The first kappa shape index (κ1) is 23.2. The molecule has 0 saturated carbocycles. The molecule has 2 atom stereocenters. The number of rotatable bonds is 0. The van der Waals surface area contributed by atoms with Crippen molar-refractivity contribution >= 4 is 24.8 Å². The quantitative estimate of drug-likeness (QED) is 0.468. The molecule has 0 amide bonds. The van der Waals surface area contributed by atoms with Gasteiger partial charge in [-0.05, 0) is 24.7 Å². The molecule has 2 aromatic carbocycles. The third-order valence-electron chi connectivity index (χ3n) is 5.04. The second-order valence-electron chi connectivity index (χ2n) is 7.07. The summed E-state index contributed by atoms with van der Waals surface area (Å²) in [4.78, 5) is 0. The third-order valence-corrected chi connectivity index (χ3v) is 5.04. The molecule has 4 rings (SSSR count). The van der Waals surface area contributed by atoms with Gasteiger partial charge in [0.15, 0.2) is 0 Å². The van der Waals surface area contributed by atoms with Crippen molar-refractivity contribution in [3.05, 3.63) is 57.6 Å². The molecule has 0 N–H and O–H groups in total. The zero-order chi connectivity index (χ0) is 14.3. The molecule has 2 aliphatic rings. The Morgan fingerprint density at radius 3 is 1.39 bits per heavy atom. The normalized spacial score (nSPS) is 20.2. The molecule has 23 heavy (non-hydrogen) atoms. The van der Waals surface area contributed by atoms with E-state index in [0.717, 1.165) is 11.8 Å². The second-order valence-corrected chi connectivity index (χ2v) is 7.07. The third kappa shape index (κ3) is 5.07. The van der Waals surface area contributed by atoms with Crippen molar-refractivity contribution in [3.8, 4) is 0 Å². The smallest absolute Gasteiger partial charge is 0.210 e. The summed E-state index contributed by atoms with van der Waals surface area (Å²) in [6.45, 7) is 9.10. The fraction of sp³-hybridized carbons (Fsp3) is 0.500. The predicted molar refractivity (Wildman–Crippen MR) is 101 cm³/mol. The van der Waals surface area contributed by atoms with Crippen molar-refractivity contribution in [1.82, 2.24) is 0 Å². The zero-order valence-corrected chi connectivity index (χ0v) is 18.7. The van der Waals surface area contributed by atoms with E-state index in [1.54, 1.807) is 22.3 Å². The minimum absolute atomic E-state index is 0. The average molecular weight is 431 g/mol. The minimum atomic E-state index is 0. The SMILES string of the molecule is C[c-]1ccc2c1CC(C)C2.C[c-]1ccc2c1CC(C)C2.Cl.Cl.[Zr+2]. The van der Waals surface area contributed by atoms with Crippen LogP contribution in [0.1, 0.15) is 47.2 Å². The molecule has 0 bridgehead atoms. The van der Waals surface area contributed by atoms with Crippen LogP contribution in [0.3, 0.4) is 0 Å². The van der Waals surface area contributed by atoms with Crippen LogP contribution in [0.5, 0.6) is 0 Å². The van der Waals surface area contributed by atoms with Gasteiger partial charge in [0, 0.05) is 0 Å². The number of hydrogen-bond acceptors (Lipinski definition) is 0. The molecule has 3 heteroatoms. The second kappa shape index (κ2) is 9.60. The Bertz CT molecular complexity index is 555. The molecule has 126 valence electrons. The number of halogens is 2. The van der Waals surface area contributed by atoms with Crippen LogP contribution in [-0.2, 0) is 51.9 Å². The van der Waals surface area contributed by atoms with Crippen molar-refractivity contribution < 1.29 is 26.2 Å². The maximum atomic E-state index is 2.33. The van der Waals surface area contributed by atoms with Crippen LogP contribution in [0.25, 0.3) is 0 Å². The molecule has 0 heterocycles. The van der Waals surface area contributed by atoms with Crippen molar-refractivity contribution in [2.75, 3.05) is 0 Å². The van der Waals surface area contributed by atoms with Gasteiger partial charge in [0.1, 0.15) is 0 Å². The van der Waals surface area contributed by atoms with Gasteiger partial charge >= 0.3 is 26.2 Å². The van der Waals surface area contributed by atoms with E-state index in [2.05, 4.69) is 52.0 Å². The summed E-state index contributed by atoms with van der Waals surface area (Å²) in [6, 6.07) is 9.06. The molecule has 0 spiro atoms. The molecule has 2 unspecified atom stereocenters. The summed E-state index contributed by atoms with van der Waals surface area (Å²) in [5, 5.41) is 0. The fourth-order valence-corrected chi connectivity index (χ4v) is 3.92. The van der Waals surface area contributed by atoms with Crippen LogP contribution < -0.4 is 0 Å². The molecule has 0 aliphatic heterocycles. The van der Waals surface area contributed by atoms with Crippen LogP contribution in [0.2, 0.25) is 0 Å². The molecule has 0 fully saturated rings. The maximum Gasteiger partial charge on any atom is 2.00 e. The topological polar surface area (TPSA) is 0 Å². The van der Waals surface area contributed by atoms with Gasteiger partial charge in [-0.3, -0.25) is 0 Å². The van der Waals surface area contributed by atoms with Crippen LogP contribution in [0, 0.1) is 25.7 Å². The molecular formula is C20H28Cl2Zr. The Kier molecular flexibility index (Phi) is 9.66. The van der Waals surface area contributed by atoms with Gasteiger partial charge in [-0.1, -0.05) is 40.5 Å². The van der Waals surface area contributed by atoms with Gasteiger partial charge in [0.05, 0.1) is 0 Å². The van der Waals surface area contributed by atoms with E-state index in [-0.39, 0.29) is 51.0 Å². The first-order valence-electron chi connectivity index (χ1n) is 8.02. The Morgan fingerprint density at radius 2 is 1.09 bits per heavy atom. The summed E-state index contributed by atoms with van der Waals surface area (Å²) in [5.41, 5.74) is 9.47. The van der Waals surface area contributed by atoms with Gasteiger partial charge in [0.2, 0.25) is 0 Å². The summed E-state index contributed by atoms with van der Waals surface area (Å²) in [6.07, 6.45) is 5.24. The van der Waals surface area contributed by atoms with Gasteiger partial charge in [-0.2, -0.15) is 45.5 Å². The van der Waals surface area contributed by atoms with E-state index in [4.69, 9.17) is 0 Å². The van der Waals surface area contributed by atoms with Crippen molar-refractivity contribution in [2.45, 2.75) is 53.4 Å². The summed E-state index contributed by atoms with van der Waals surface area (Å²) in [7, 11) is 0. The van der Waals surface area contributed by atoms with E-state index in [0.29, 0.717) is 0 Å². The minimum Gasteiger partial charge on any atom is -0.210 e. The Hall–Kier alpha value is 0.163. The van der Waals surface area contributed by atoms with Crippen molar-refractivity contribution in [1.29, 1.82) is 0 Å². The van der Waals surface area contributed by atoms with Gasteiger partial charge in [-0.15, -0.1) is 24.8 Å². The zero-order valence-electron chi connectivity index (χ0n) is 14.6. The standard InChI is InChI=1S/2C10H13.2ClH.Zr/c2*1-7-5-9-4-3-8(2)10(9)6-7;;;/h2*3-4,7H,5-6H2,1-2H3;2*1H;/q2*-1;;;+2. The van der Waals surface area contributed by atoms with E-state index in [1.807, 2.05) is 0 Å². The Morgan fingerprint density at radius 1 is 0.739 bits per heavy atom. The monoisotopic (exact) mass is 428 g/mol. The van der Waals surface area contributed by atoms with Crippen LogP contribution in [0.15, 0.2) is 24.3 Å². The van der Waals surface area contributed by atoms with E-state index in [1.165, 1.54) is 36.8 Å². The van der Waals surface area contributed by atoms with Gasteiger partial charge in [0.25, 0.3) is 0 Å². The summed E-state index contributed by atoms with van der Waals surface area (Å²) < 4.78 is 0. The molecule has 0 radical (unpaired) electrons. The molecule has 2 aromatic rings. The number of hydrogen-bond donors (Lipinski definition) is 0. The van der Waals surface area contributed by atoms with Crippen LogP contribution in [0.4, 0.5) is 0 Å². The molecular weight excluding hydrogens is 402 g/mol. The molecule has 0 saturated heterocycles. The molecule has 2 aliphatic carbocycles. The van der Waals surface area contributed by atoms with Crippen molar-refractivity contribution in [2.24, 2.45) is 11.8 Å². The fourth-order valence-electron chi connectivity index (χ4n) is 3.92. The average Bonchev–Trinajstić information content (AvgIpc) is 3.09.